The molecule has 22 heavy (non-hydrogen) atoms. The number of hydrogen-bond donors (Lipinski definition) is 2. The number of nitrogens with zero attached hydrogens (tertiary/aromatic N) is 3. The average molecular weight is 319 g/mol. The molecule has 2 aromatic heterocycles. The molecule has 0 spiro atoms. The lowest BCUT2D eigenvalue weighted by atomic mass is 9.92. The molecule has 2 aromatic rings. The highest BCUT2D eigenvalue weighted by Gasteiger charge is 2.28. The van der Waals surface area contributed by atoms with Gasteiger partial charge in [0.15, 0.2) is 5.13 Å². The van der Waals surface area contributed by atoms with Crippen LogP contribution in [0.2, 0.25) is 0 Å². The number of fused-ring (bicyclic) bond motifs is 1. The maximum Gasteiger partial charge on any atom is 0.321 e. The molecule has 1 aliphatic carbocycles. The highest BCUT2D eigenvalue weighted by atomic mass is 32.1. The summed E-state index contributed by atoms with van der Waals surface area (Å²) < 4.78 is 2.08. The predicted molar refractivity (Wildman–Crippen MR) is 87.2 cm³/mol. The highest BCUT2D eigenvalue weighted by Crippen LogP contribution is 2.32. The minimum absolute atomic E-state index is 0.0137. The van der Waals surface area contributed by atoms with Gasteiger partial charge in [0.25, 0.3) is 0 Å². The molecule has 0 saturated heterocycles. The first-order valence-electron chi connectivity index (χ1n) is 7.49. The molecule has 0 radical (unpaired) electrons. The second-order valence-corrected chi connectivity index (χ2v) is 7.40. The Bertz CT molecular complexity index is 656. The molecular formula is C15H21N5OS. The normalized spacial score (nSPS) is 17.9. The summed E-state index contributed by atoms with van der Waals surface area (Å²) in [6.07, 6.45) is 6.57. The van der Waals surface area contributed by atoms with Crippen molar-refractivity contribution >= 4 is 22.5 Å². The van der Waals surface area contributed by atoms with Crippen molar-refractivity contribution < 1.29 is 4.79 Å². The molecule has 0 bridgehead atoms. The third-order valence-corrected chi connectivity index (χ3v) is 4.47. The molecule has 2 heterocycles. The lowest BCUT2D eigenvalue weighted by Gasteiger charge is -2.28. The second-order valence-electron chi connectivity index (χ2n) is 6.51. The van der Waals surface area contributed by atoms with Crippen molar-refractivity contribution in [3.05, 3.63) is 29.0 Å². The molecule has 1 atom stereocenters. The van der Waals surface area contributed by atoms with Gasteiger partial charge in [0, 0.05) is 22.8 Å². The Balaban J connectivity index is 1.75. The fourth-order valence-corrected chi connectivity index (χ4v) is 3.39. The second kappa shape index (κ2) is 5.72. The van der Waals surface area contributed by atoms with Crippen molar-refractivity contribution in [2.45, 2.75) is 51.6 Å². The van der Waals surface area contributed by atoms with Crippen LogP contribution in [0.3, 0.4) is 0 Å². The number of nitrogens with one attached hydrogen (secondary N) is 2. The molecule has 118 valence electrons. The Hall–Kier alpha value is -1.89. The van der Waals surface area contributed by atoms with Crippen LogP contribution in [0, 0.1) is 0 Å². The van der Waals surface area contributed by atoms with Gasteiger partial charge < -0.3 is 5.32 Å². The molecule has 0 saturated carbocycles. The van der Waals surface area contributed by atoms with E-state index >= 15 is 0 Å². The number of carbonyl (C=O) groups excluding carboxylic acids is 1. The van der Waals surface area contributed by atoms with Crippen LogP contribution in [-0.4, -0.2) is 20.8 Å². The van der Waals surface area contributed by atoms with E-state index < -0.39 is 0 Å². The standard InChI is InChI=1S/C15H21N5OS/c1-15(2,3)20-12-6-4-5-11(10(12)9-17-20)18-13(21)19-14-16-7-8-22-14/h7-9,11H,4-6H2,1-3H3,(H2,16,18,19,21)/t11-/m1/s1. The van der Waals surface area contributed by atoms with Gasteiger partial charge >= 0.3 is 6.03 Å². The number of amides is 2. The lowest BCUT2D eigenvalue weighted by Crippen LogP contribution is -2.35. The SMILES string of the molecule is CC(C)(C)n1ncc2c1CCC[C@H]2NC(=O)Nc1nccs1. The van der Waals surface area contributed by atoms with Crippen molar-refractivity contribution in [2.75, 3.05) is 5.32 Å². The quantitative estimate of drug-likeness (QED) is 0.892. The molecule has 0 unspecified atom stereocenters. The fourth-order valence-electron chi connectivity index (χ4n) is 2.86. The minimum Gasteiger partial charge on any atom is -0.331 e. The molecule has 2 amide bonds. The van der Waals surface area contributed by atoms with Crippen LogP contribution in [0.4, 0.5) is 9.93 Å². The Morgan fingerprint density at radius 3 is 2.95 bits per heavy atom. The summed E-state index contributed by atoms with van der Waals surface area (Å²) in [6, 6.07) is -0.198. The molecular weight excluding hydrogens is 298 g/mol. The molecule has 2 N–H and O–H groups in total. The lowest BCUT2D eigenvalue weighted by molar-refractivity contribution is 0.247. The number of carbonyl (C=O) groups is 1. The van der Waals surface area contributed by atoms with E-state index in [1.807, 2.05) is 11.6 Å². The Labute approximate surface area is 133 Å². The van der Waals surface area contributed by atoms with Crippen LogP contribution in [-0.2, 0) is 12.0 Å². The van der Waals surface area contributed by atoms with Crippen LogP contribution in [0.15, 0.2) is 17.8 Å². The van der Waals surface area contributed by atoms with Crippen LogP contribution >= 0.6 is 11.3 Å². The summed E-state index contributed by atoms with van der Waals surface area (Å²) in [7, 11) is 0. The van der Waals surface area contributed by atoms with Crippen molar-refractivity contribution in [3.63, 3.8) is 0 Å². The van der Waals surface area contributed by atoms with Gasteiger partial charge in [-0.15, -0.1) is 11.3 Å². The Morgan fingerprint density at radius 1 is 1.45 bits per heavy atom. The van der Waals surface area contributed by atoms with Crippen LogP contribution < -0.4 is 10.6 Å². The van der Waals surface area contributed by atoms with Gasteiger partial charge in [-0.3, -0.25) is 10.00 Å². The number of rotatable bonds is 2. The molecule has 0 aromatic carbocycles. The van der Waals surface area contributed by atoms with Gasteiger partial charge in [-0.25, -0.2) is 9.78 Å². The third-order valence-electron chi connectivity index (χ3n) is 3.78. The zero-order valence-corrected chi connectivity index (χ0v) is 13.9. The number of urea groups is 1. The number of hydrogen-bond acceptors (Lipinski definition) is 4. The summed E-state index contributed by atoms with van der Waals surface area (Å²) in [4.78, 5) is 16.2. The van der Waals surface area contributed by atoms with Gasteiger partial charge in [0.05, 0.1) is 17.8 Å². The first kappa shape index (κ1) is 15.0. The third kappa shape index (κ3) is 2.99. The van der Waals surface area contributed by atoms with Crippen molar-refractivity contribution in [3.8, 4) is 0 Å². The summed E-state index contributed by atoms with van der Waals surface area (Å²) >= 11 is 1.41. The predicted octanol–water partition coefficient (Wildman–Crippen LogP) is 3.29. The first-order chi connectivity index (χ1) is 10.4. The van der Waals surface area contributed by atoms with Crippen molar-refractivity contribution in [1.82, 2.24) is 20.1 Å². The van der Waals surface area contributed by atoms with Gasteiger partial charge in [-0.2, -0.15) is 5.10 Å². The average Bonchev–Trinajstić information content (AvgIpc) is 3.06. The number of thiazole rings is 1. The monoisotopic (exact) mass is 319 g/mol. The smallest absolute Gasteiger partial charge is 0.321 e. The largest absolute Gasteiger partial charge is 0.331 e. The minimum atomic E-state index is -0.212. The summed E-state index contributed by atoms with van der Waals surface area (Å²) in [5.41, 5.74) is 2.33. The van der Waals surface area contributed by atoms with E-state index in [2.05, 4.69) is 46.2 Å². The van der Waals surface area contributed by atoms with E-state index in [0.717, 1.165) is 24.8 Å². The van der Waals surface area contributed by atoms with Crippen LogP contribution in [0.5, 0.6) is 0 Å². The first-order valence-corrected chi connectivity index (χ1v) is 8.37. The fraction of sp³-hybridized carbons (Fsp3) is 0.533. The Kier molecular flexibility index (Phi) is 3.90. The number of aromatic nitrogens is 3. The highest BCUT2D eigenvalue weighted by molar-refractivity contribution is 7.13. The van der Waals surface area contributed by atoms with E-state index in [4.69, 9.17) is 0 Å². The topological polar surface area (TPSA) is 71.8 Å². The van der Waals surface area contributed by atoms with E-state index in [1.165, 1.54) is 17.0 Å². The van der Waals surface area contributed by atoms with E-state index in [0.29, 0.717) is 5.13 Å². The van der Waals surface area contributed by atoms with Crippen LogP contribution in [0.1, 0.15) is 50.9 Å². The number of anilines is 1. The molecule has 6 nitrogen and oxygen atoms in total. The summed E-state index contributed by atoms with van der Waals surface area (Å²) in [6.45, 7) is 6.44. The van der Waals surface area contributed by atoms with Gasteiger partial charge in [0.2, 0.25) is 0 Å². The summed E-state index contributed by atoms with van der Waals surface area (Å²) in [5, 5.41) is 12.8. The van der Waals surface area contributed by atoms with E-state index in [-0.39, 0.29) is 17.6 Å². The molecule has 7 heteroatoms. The zero-order valence-electron chi connectivity index (χ0n) is 13.1. The maximum absolute atomic E-state index is 12.1. The van der Waals surface area contributed by atoms with Gasteiger partial charge in [-0.1, -0.05) is 0 Å². The Morgan fingerprint density at radius 2 is 2.27 bits per heavy atom. The van der Waals surface area contributed by atoms with Gasteiger partial charge in [0.1, 0.15) is 0 Å². The maximum atomic E-state index is 12.1. The molecule has 3 rings (SSSR count). The molecule has 1 aliphatic rings. The van der Waals surface area contributed by atoms with Gasteiger partial charge in [-0.05, 0) is 40.0 Å². The van der Waals surface area contributed by atoms with E-state index in [1.54, 1.807) is 6.20 Å². The van der Waals surface area contributed by atoms with Crippen LogP contribution in [0.25, 0.3) is 0 Å². The zero-order chi connectivity index (χ0) is 15.7. The van der Waals surface area contributed by atoms with E-state index in [9.17, 15) is 4.79 Å². The van der Waals surface area contributed by atoms with Crippen molar-refractivity contribution in [1.29, 1.82) is 0 Å². The van der Waals surface area contributed by atoms with Crippen molar-refractivity contribution in [2.24, 2.45) is 0 Å². The molecule has 0 fully saturated rings. The molecule has 0 aliphatic heterocycles. The summed E-state index contributed by atoms with van der Waals surface area (Å²) in [5.74, 6) is 0.